The molecular weight excluding hydrogens is 162 g/mol. The monoisotopic (exact) mass is 181 g/mol. The molecule has 0 saturated heterocycles. The maximum Gasteiger partial charge on any atom is 0.121 e. The van der Waals surface area contributed by atoms with Gasteiger partial charge in [0, 0.05) is 0 Å². The van der Waals surface area contributed by atoms with Crippen LogP contribution in [0.5, 0.6) is 0 Å². The summed E-state index contributed by atoms with van der Waals surface area (Å²) in [6.45, 7) is 10.4. The summed E-state index contributed by atoms with van der Waals surface area (Å²) in [4.78, 5) is 0. The number of furan rings is 1. The number of nitrogens with two attached hydrogens (primary N) is 1. The minimum atomic E-state index is -0.0279. The molecule has 13 heavy (non-hydrogen) atoms. The summed E-state index contributed by atoms with van der Waals surface area (Å²) < 4.78 is 5.58. The fourth-order valence-corrected chi connectivity index (χ4v) is 1.18. The largest absolute Gasteiger partial charge is 0.464 e. The van der Waals surface area contributed by atoms with Crippen LogP contribution in [0.3, 0.4) is 0 Å². The second-order valence-electron chi connectivity index (χ2n) is 4.73. The minimum Gasteiger partial charge on any atom is -0.464 e. The first kappa shape index (κ1) is 10.3. The van der Waals surface area contributed by atoms with Crippen molar-refractivity contribution in [2.75, 3.05) is 0 Å². The van der Waals surface area contributed by atoms with Crippen molar-refractivity contribution < 1.29 is 4.42 Å². The molecule has 0 fully saturated rings. The molecule has 2 nitrogen and oxygen atoms in total. The standard InChI is InChI=1S/C11H19NO/c1-7-6-9(13-8(7)2)10(12)11(3,4)5/h6,10H,12H2,1-5H3. The van der Waals surface area contributed by atoms with E-state index in [1.807, 2.05) is 19.9 Å². The van der Waals surface area contributed by atoms with Gasteiger partial charge in [-0.3, -0.25) is 0 Å². The van der Waals surface area contributed by atoms with Gasteiger partial charge in [-0.05, 0) is 30.9 Å². The van der Waals surface area contributed by atoms with Crippen molar-refractivity contribution in [3.8, 4) is 0 Å². The van der Waals surface area contributed by atoms with Crippen LogP contribution in [0.1, 0.15) is 43.9 Å². The third-order valence-electron chi connectivity index (χ3n) is 2.42. The maximum absolute atomic E-state index is 6.06. The lowest BCUT2D eigenvalue weighted by Crippen LogP contribution is -2.25. The number of aryl methyl sites for hydroxylation is 2. The third-order valence-corrected chi connectivity index (χ3v) is 2.42. The summed E-state index contributed by atoms with van der Waals surface area (Å²) in [5.41, 5.74) is 7.29. The SMILES string of the molecule is Cc1cc(C(N)C(C)(C)C)oc1C. The van der Waals surface area contributed by atoms with Gasteiger partial charge in [0.15, 0.2) is 0 Å². The van der Waals surface area contributed by atoms with Crippen molar-refractivity contribution in [1.29, 1.82) is 0 Å². The lowest BCUT2D eigenvalue weighted by atomic mass is 9.86. The average molecular weight is 181 g/mol. The van der Waals surface area contributed by atoms with Crippen LogP contribution in [0.2, 0.25) is 0 Å². The summed E-state index contributed by atoms with van der Waals surface area (Å²) in [7, 11) is 0. The Hall–Kier alpha value is -0.760. The maximum atomic E-state index is 6.06. The molecule has 0 aromatic carbocycles. The van der Waals surface area contributed by atoms with E-state index in [1.165, 1.54) is 5.56 Å². The first-order valence-corrected chi connectivity index (χ1v) is 4.65. The number of rotatable bonds is 1. The Bertz CT molecular complexity index is 274. The second-order valence-corrected chi connectivity index (χ2v) is 4.73. The zero-order chi connectivity index (χ0) is 10.2. The normalized spacial score (nSPS) is 14.6. The van der Waals surface area contributed by atoms with E-state index < -0.39 is 0 Å². The Kier molecular flexibility index (Phi) is 2.53. The zero-order valence-corrected chi connectivity index (χ0v) is 9.14. The molecule has 1 aromatic rings. The van der Waals surface area contributed by atoms with Gasteiger partial charge in [0.1, 0.15) is 11.5 Å². The van der Waals surface area contributed by atoms with Gasteiger partial charge in [-0.2, -0.15) is 0 Å². The molecule has 1 rings (SSSR count). The first-order chi connectivity index (χ1) is 5.82. The van der Waals surface area contributed by atoms with Crippen LogP contribution in [0.25, 0.3) is 0 Å². The van der Waals surface area contributed by atoms with E-state index in [0.717, 1.165) is 11.5 Å². The smallest absolute Gasteiger partial charge is 0.121 e. The van der Waals surface area contributed by atoms with Crippen LogP contribution < -0.4 is 5.73 Å². The quantitative estimate of drug-likeness (QED) is 0.723. The second kappa shape index (κ2) is 3.18. The van der Waals surface area contributed by atoms with Crippen LogP contribution in [0, 0.1) is 19.3 Å². The summed E-state index contributed by atoms with van der Waals surface area (Å²) >= 11 is 0. The van der Waals surface area contributed by atoms with Crippen molar-refractivity contribution in [3.63, 3.8) is 0 Å². The van der Waals surface area contributed by atoms with E-state index >= 15 is 0 Å². The van der Waals surface area contributed by atoms with Crippen LogP contribution in [-0.4, -0.2) is 0 Å². The number of hydrogen-bond acceptors (Lipinski definition) is 2. The Morgan fingerprint density at radius 2 is 1.85 bits per heavy atom. The van der Waals surface area contributed by atoms with Gasteiger partial charge >= 0.3 is 0 Å². The molecule has 2 heteroatoms. The minimum absolute atomic E-state index is 0.0279. The van der Waals surface area contributed by atoms with Gasteiger partial charge in [0.05, 0.1) is 6.04 Å². The topological polar surface area (TPSA) is 39.2 Å². The van der Waals surface area contributed by atoms with E-state index in [0.29, 0.717) is 0 Å². The van der Waals surface area contributed by atoms with E-state index in [2.05, 4.69) is 20.8 Å². The predicted molar refractivity (Wildman–Crippen MR) is 54.6 cm³/mol. The first-order valence-electron chi connectivity index (χ1n) is 4.65. The molecular formula is C11H19NO. The highest BCUT2D eigenvalue weighted by molar-refractivity contribution is 5.21. The van der Waals surface area contributed by atoms with Crippen molar-refractivity contribution in [3.05, 3.63) is 23.2 Å². The van der Waals surface area contributed by atoms with E-state index in [1.54, 1.807) is 0 Å². The van der Waals surface area contributed by atoms with Crippen LogP contribution in [0.4, 0.5) is 0 Å². The molecule has 0 aliphatic carbocycles. The van der Waals surface area contributed by atoms with Crippen molar-refractivity contribution >= 4 is 0 Å². The summed E-state index contributed by atoms with van der Waals surface area (Å²) in [5, 5.41) is 0. The Labute approximate surface area is 80.1 Å². The molecule has 1 atom stereocenters. The fourth-order valence-electron chi connectivity index (χ4n) is 1.18. The third kappa shape index (κ3) is 2.13. The molecule has 2 N–H and O–H groups in total. The van der Waals surface area contributed by atoms with Gasteiger partial charge in [-0.25, -0.2) is 0 Å². The van der Waals surface area contributed by atoms with Crippen molar-refractivity contribution in [2.24, 2.45) is 11.1 Å². The van der Waals surface area contributed by atoms with E-state index in [-0.39, 0.29) is 11.5 Å². The lowest BCUT2D eigenvalue weighted by molar-refractivity contribution is 0.282. The highest BCUT2D eigenvalue weighted by Gasteiger charge is 2.25. The number of hydrogen-bond donors (Lipinski definition) is 1. The lowest BCUT2D eigenvalue weighted by Gasteiger charge is -2.24. The molecule has 1 heterocycles. The van der Waals surface area contributed by atoms with Gasteiger partial charge in [-0.1, -0.05) is 20.8 Å². The predicted octanol–water partition coefficient (Wildman–Crippen LogP) is 2.94. The highest BCUT2D eigenvalue weighted by atomic mass is 16.3. The molecule has 0 amide bonds. The summed E-state index contributed by atoms with van der Waals surface area (Å²) in [6.07, 6.45) is 0. The molecule has 0 radical (unpaired) electrons. The molecule has 1 unspecified atom stereocenters. The molecule has 0 aliphatic heterocycles. The highest BCUT2D eigenvalue weighted by Crippen LogP contribution is 2.32. The molecule has 0 aliphatic rings. The van der Waals surface area contributed by atoms with Crippen LogP contribution in [-0.2, 0) is 0 Å². The Morgan fingerprint density at radius 1 is 1.31 bits per heavy atom. The molecule has 1 aromatic heterocycles. The van der Waals surface area contributed by atoms with Crippen molar-refractivity contribution in [2.45, 2.75) is 40.7 Å². The summed E-state index contributed by atoms with van der Waals surface area (Å²) in [6, 6.07) is 2.01. The zero-order valence-electron chi connectivity index (χ0n) is 9.14. The summed E-state index contributed by atoms with van der Waals surface area (Å²) in [5.74, 6) is 1.86. The molecule has 74 valence electrons. The van der Waals surface area contributed by atoms with E-state index in [4.69, 9.17) is 10.2 Å². The van der Waals surface area contributed by atoms with Gasteiger partial charge in [0.25, 0.3) is 0 Å². The molecule has 0 saturated carbocycles. The van der Waals surface area contributed by atoms with Crippen LogP contribution >= 0.6 is 0 Å². The molecule has 0 bridgehead atoms. The molecule has 0 spiro atoms. The Morgan fingerprint density at radius 3 is 2.15 bits per heavy atom. The van der Waals surface area contributed by atoms with Crippen LogP contribution in [0.15, 0.2) is 10.5 Å². The van der Waals surface area contributed by atoms with Crippen molar-refractivity contribution in [1.82, 2.24) is 0 Å². The van der Waals surface area contributed by atoms with Gasteiger partial charge < -0.3 is 10.2 Å². The average Bonchev–Trinajstić information content (AvgIpc) is 2.29. The van der Waals surface area contributed by atoms with Gasteiger partial charge in [0.2, 0.25) is 0 Å². The van der Waals surface area contributed by atoms with E-state index in [9.17, 15) is 0 Å². The Balaban J connectivity index is 2.96. The fraction of sp³-hybridized carbons (Fsp3) is 0.636. The van der Waals surface area contributed by atoms with Gasteiger partial charge in [-0.15, -0.1) is 0 Å².